The molecule has 0 radical (unpaired) electrons. The number of rotatable bonds is 3. The molecule has 1 fully saturated rings. The summed E-state index contributed by atoms with van der Waals surface area (Å²) in [5.74, 6) is -0.330. The largest absolute Gasteiger partial charge is 0.381 e. The van der Waals surface area contributed by atoms with Crippen LogP contribution in [0.25, 0.3) is 0 Å². The molecule has 6 heteroatoms. The summed E-state index contributed by atoms with van der Waals surface area (Å²) in [6, 6.07) is 5.45. The van der Waals surface area contributed by atoms with Crippen molar-refractivity contribution in [1.82, 2.24) is 4.90 Å². The highest BCUT2D eigenvalue weighted by Crippen LogP contribution is 2.20. The third-order valence-corrected chi connectivity index (χ3v) is 3.63. The molecule has 0 spiro atoms. The molecule has 0 aromatic heterocycles. The van der Waals surface area contributed by atoms with E-state index in [1.54, 1.807) is 12.0 Å². The van der Waals surface area contributed by atoms with Gasteiger partial charge in [0, 0.05) is 31.9 Å². The number of nitrogens with one attached hydrogen (secondary N) is 1. The van der Waals surface area contributed by atoms with Crippen molar-refractivity contribution in [2.24, 2.45) is 5.73 Å². The van der Waals surface area contributed by atoms with Crippen LogP contribution in [-0.4, -0.2) is 43.3 Å². The number of nitrogens with two attached hydrogens (primary N) is 1. The number of carbonyl (C=O) groups is 1. The maximum Gasteiger partial charge on any atom is 0.322 e. The fourth-order valence-corrected chi connectivity index (χ4v) is 2.45. The fourth-order valence-electron chi connectivity index (χ4n) is 2.45. The third-order valence-electron chi connectivity index (χ3n) is 3.63. The first-order chi connectivity index (χ1) is 9.63. The van der Waals surface area contributed by atoms with Gasteiger partial charge in [-0.2, -0.15) is 0 Å². The Morgan fingerprint density at radius 3 is 2.80 bits per heavy atom. The predicted octanol–water partition coefficient (Wildman–Crippen LogP) is 1.80. The molecule has 0 aliphatic carbocycles. The molecule has 2 amide bonds. The monoisotopic (exact) mass is 281 g/mol. The van der Waals surface area contributed by atoms with Crippen LogP contribution in [0.3, 0.4) is 0 Å². The second-order valence-electron chi connectivity index (χ2n) is 4.90. The summed E-state index contributed by atoms with van der Waals surface area (Å²) in [5.41, 5.74) is 6.31. The van der Waals surface area contributed by atoms with Crippen LogP contribution in [0.1, 0.15) is 12.8 Å². The lowest BCUT2D eigenvalue weighted by Crippen LogP contribution is -2.52. The number of nitrogens with zero attached hydrogens (tertiary/aromatic N) is 1. The summed E-state index contributed by atoms with van der Waals surface area (Å²) >= 11 is 0. The van der Waals surface area contributed by atoms with E-state index in [1.165, 1.54) is 24.3 Å². The maximum atomic E-state index is 12.8. The van der Waals surface area contributed by atoms with Gasteiger partial charge in [-0.25, -0.2) is 9.18 Å². The molecule has 1 aliphatic rings. The van der Waals surface area contributed by atoms with Gasteiger partial charge in [0.25, 0.3) is 0 Å². The van der Waals surface area contributed by atoms with Gasteiger partial charge in [0.05, 0.1) is 6.10 Å². The topological polar surface area (TPSA) is 67.6 Å². The zero-order valence-corrected chi connectivity index (χ0v) is 11.5. The van der Waals surface area contributed by atoms with Crippen LogP contribution in [0.5, 0.6) is 0 Å². The Bertz CT molecular complexity index is 452. The maximum absolute atomic E-state index is 12.8. The van der Waals surface area contributed by atoms with Gasteiger partial charge in [-0.05, 0) is 37.1 Å². The van der Waals surface area contributed by atoms with E-state index in [2.05, 4.69) is 5.32 Å². The fraction of sp³-hybridized carbons (Fsp3) is 0.500. The second-order valence-corrected chi connectivity index (χ2v) is 4.90. The van der Waals surface area contributed by atoms with Gasteiger partial charge in [-0.3, -0.25) is 0 Å². The van der Waals surface area contributed by atoms with Gasteiger partial charge < -0.3 is 20.7 Å². The molecule has 1 aliphatic heterocycles. The number of anilines is 1. The van der Waals surface area contributed by atoms with E-state index in [-0.39, 0.29) is 24.0 Å². The van der Waals surface area contributed by atoms with Crippen LogP contribution in [0.4, 0.5) is 14.9 Å². The Balaban J connectivity index is 1.99. The zero-order valence-electron chi connectivity index (χ0n) is 11.5. The number of ether oxygens (including phenoxy) is 1. The van der Waals surface area contributed by atoms with Gasteiger partial charge in [0.1, 0.15) is 5.82 Å². The molecule has 2 atom stereocenters. The van der Waals surface area contributed by atoms with Crippen molar-refractivity contribution in [2.75, 3.05) is 25.5 Å². The molecule has 110 valence electrons. The van der Waals surface area contributed by atoms with E-state index in [0.29, 0.717) is 18.8 Å². The average molecular weight is 281 g/mol. The number of halogens is 1. The second kappa shape index (κ2) is 6.67. The predicted molar refractivity (Wildman–Crippen MR) is 75.0 cm³/mol. The van der Waals surface area contributed by atoms with Crippen LogP contribution in [0.2, 0.25) is 0 Å². The summed E-state index contributed by atoms with van der Waals surface area (Å²) in [5, 5.41) is 2.76. The van der Waals surface area contributed by atoms with Crippen molar-refractivity contribution in [3.05, 3.63) is 30.1 Å². The SMILES string of the molecule is COC1CCN(C(=O)Nc2ccc(F)cc2)C(CN)C1. The molecule has 2 unspecified atom stereocenters. The Hall–Kier alpha value is -1.66. The third kappa shape index (κ3) is 3.46. The first-order valence-electron chi connectivity index (χ1n) is 6.70. The minimum Gasteiger partial charge on any atom is -0.381 e. The Morgan fingerprint density at radius 2 is 2.20 bits per heavy atom. The van der Waals surface area contributed by atoms with Crippen molar-refractivity contribution < 1.29 is 13.9 Å². The Labute approximate surface area is 117 Å². The highest BCUT2D eigenvalue weighted by atomic mass is 19.1. The molecule has 20 heavy (non-hydrogen) atoms. The molecule has 5 nitrogen and oxygen atoms in total. The quantitative estimate of drug-likeness (QED) is 0.887. The smallest absolute Gasteiger partial charge is 0.322 e. The molecule has 1 heterocycles. The molecule has 2 rings (SSSR count). The normalized spacial score (nSPS) is 22.6. The van der Waals surface area contributed by atoms with E-state index in [4.69, 9.17) is 10.5 Å². The van der Waals surface area contributed by atoms with E-state index in [1.807, 2.05) is 0 Å². The number of hydrogen-bond donors (Lipinski definition) is 2. The number of hydrogen-bond acceptors (Lipinski definition) is 3. The van der Waals surface area contributed by atoms with Crippen molar-refractivity contribution in [1.29, 1.82) is 0 Å². The summed E-state index contributed by atoms with van der Waals surface area (Å²) in [4.78, 5) is 14.0. The summed E-state index contributed by atoms with van der Waals surface area (Å²) in [6.45, 7) is 1.00. The first-order valence-corrected chi connectivity index (χ1v) is 6.70. The van der Waals surface area contributed by atoms with E-state index >= 15 is 0 Å². The Kier molecular flexibility index (Phi) is 4.92. The number of benzene rings is 1. The standard InChI is InChI=1S/C14H20FN3O2/c1-20-13-6-7-18(12(8-13)9-16)14(19)17-11-4-2-10(15)3-5-11/h2-5,12-13H,6-9,16H2,1H3,(H,17,19). The summed E-state index contributed by atoms with van der Waals surface area (Å²) in [6.07, 6.45) is 1.69. The van der Waals surface area contributed by atoms with Gasteiger partial charge >= 0.3 is 6.03 Å². The van der Waals surface area contributed by atoms with Crippen LogP contribution < -0.4 is 11.1 Å². The highest BCUT2D eigenvalue weighted by Gasteiger charge is 2.30. The van der Waals surface area contributed by atoms with Crippen LogP contribution in [-0.2, 0) is 4.74 Å². The molecule has 1 saturated heterocycles. The van der Waals surface area contributed by atoms with Crippen LogP contribution >= 0.6 is 0 Å². The van der Waals surface area contributed by atoms with Crippen molar-refractivity contribution in [2.45, 2.75) is 25.0 Å². The molecule has 1 aromatic carbocycles. The van der Waals surface area contributed by atoms with Crippen LogP contribution in [0, 0.1) is 5.82 Å². The number of carbonyl (C=O) groups excluding carboxylic acids is 1. The van der Waals surface area contributed by atoms with Gasteiger partial charge in [-0.15, -0.1) is 0 Å². The van der Waals surface area contributed by atoms with Crippen molar-refractivity contribution >= 4 is 11.7 Å². The van der Waals surface area contributed by atoms with Crippen molar-refractivity contribution in [3.8, 4) is 0 Å². The molecule has 3 N–H and O–H groups in total. The molecular weight excluding hydrogens is 261 g/mol. The van der Waals surface area contributed by atoms with Gasteiger partial charge in [0.15, 0.2) is 0 Å². The highest BCUT2D eigenvalue weighted by molar-refractivity contribution is 5.89. The van der Waals surface area contributed by atoms with Crippen molar-refractivity contribution in [3.63, 3.8) is 0 Å². The number of methoxy groups -OCH3 is 1. The number of likely N-dealkylation sites (tertiary alicyclic amines) is 1. The summed E-state index contributed by atoms with van der Waals surface area (Å²) < 4.78 is 18.2. The number of urea groups is 1. The minimum absolute atomic E-state index is 0.0332. The molecule has 0 saturated carbocycles. The van der Waals surface area contributed by atoms with E-state index < -0.39 is 0 Å². The first kappa shape index (κ1) is 14.7. The molecule has 0 bridgehead atoms. The minimum atomic E-state index is -0.330. The van der Waals surface area contributed by atoms with E-state index in [9.17, 15) is 9.18 Å². The van der Waals surface area contributed by atoms with Gasteiger partial charge in [-0.1, -0.05) is 0 Å². The molecular formula is C14H20FN3O2. The van der Waals surface area contributed by atoms with E-state index in [0.717, 1.165) is 12.8 Å². The lowest BCUT2D eigenvalue weighted by molar-refractivity contribution is 0.0292. The molecule has 1 aromatic rings. The zero-order chi connectivity index (χ0) is 14.5. The average Bonchev–Trinajstić information content (AvgIpc) is 2.48. The number of amides is 2. The Morgan fingerprint density at radius 1 is 1.50 bits per heavy atom. The van der Waals surface area contributed by atoms with Crippen LogP contribution in [0.15, 0.2) is 24.3 Å². The number of piperidine rings is 1. The summed E-state index contributed by atoms with van der Waals surface area (Å²) in [7, 11) is 1.67. The lowest BCUT2D eigenvalue weighted by Gasteiger charge is -2.38. The van der Waals surface area contributed by atoms with Gasteiger partial charge in [0.2, 0.25) is 0 Å². The lowest BCUT2D eigenvalue weighted by atomic mass is 10.00.